The fraction of sp³-hybridized carbons (Fsp3) is 0.364. The normalized spacial score (nSPS) is 18.3. The van der Waals surface area contributed by atoms with Crippen molar-refractivity contribution in [2.75, 3.05) is 38.1 Å². The van der Waals surface area contributed by atoms with Crippen LogP contribution in [0.2, 0.25) is 0 Å². The Labute approximate surface area is 195 Å². The first-order valence-electron chi connectivity index (χ1n) is 10.4. The van der Waals surface area contributed by atoms with Crippen molar-refractivity contribution >= 4 is 17.6 Å². The number of rotatable bonds is 2. The van der Waals surface area contributed by atoms with Gasteiger partial charge in [-0.2, -0.15) is 26.3 Å². The van der Waals surface area contributed by atoms with Gasteiger partial charge in [-0.15, -0.1) is 0 Å². The Morgan fingerprint density at radius 2 is 1.37 bits per heavy atom. The monoisotopic (exact) mass is 503 g/mol. The van der Waals surface area contributed by atoms with E-state index in [0.717, 1.165) is 0 Å². The number of amides is 3. The summed E-state index contributed by atoms with van der Waals surface area (Å²) in [5.41, 5.74) is -3.70. The number of fused-ring (bicyclic) bond motifs is 1. The summed E-state index contributed by atoms with van der Waals surface area (Å²) < 4.78 is 89.4. The molecule has 0 aliphatic carbocycles. The van der Waals surface area contributed by atoms with Crippen molar-refractivity contribution < 1.29 is 45.4 Å². The van der Waals surface area contributed by atoms with E-state index < -0.39 is 41.3 Å². The lowest BCUT2D eigenvalue weighted by atomic mass is 10.1. The molecule has 2 aromatic rings. The standard InChI is InChI=1S/C22H19F6N3O4/c23-21(24,25)13-9-14(22(26,27)28)11-15(10-13)29-20(33)31-7-5-30(6-8-31)19(32)18-12-34-16-3-1-2-4-17(16)35-18/h1-4,9-11,18H,5-8,12H2,(H,29,33). The number of benzene rings is 2. The third-order valence-electron chi connectivity index (χ3n) is 5.50. The molecule has 2 aromatic carbocycles. The zero-order valence-electron chi connectivity index (χ0n) is 17.9. The van der Waals surface area contributed by atoms with Crippen LogP contribution in [0, 0.1) is 0 Å². The molecule has 1 fully saturated rings. The molecule has 188 valence electrons. The number of para-hydroxylation sites is 2. The highest BCUT2D eigenvalue weighted by Gasteiger charge is 2.38. The van der Waals surface area contributed by atoms with E-state index in [0.29, 0.717) is 23.6 Å². The van der Waals surface area contributed by atoms with Crippen molar-refractivity contribution in [1.82, 2.24) is 9.80 Å². The minimum Gasteiger partial charge on any atom is -0.485 e. The molecule has 0 saturated carbocycles. The quantitative estimate of drug-likeness (QED) is 0.623. The predicted octanol–water partition coefficient (Wildman–Crippen LogP) is 4.24. The van der Waals surface area contributed by atoms with E-state index in [-0.39, 0.29) is 44.8 Å². The maximum Gasteiger partial charge on any atom is 0.416 e. The van der Waals surface area contributed by atoms with Gasteiger partial charge in [0, 0.05) is 31.9 Å². The second-order valence-electron chi connectivity index (χ2n) is 7.90. The molecule has 7 nitrogen and oxygen atoms in total. The second kappa shape index (κ2) is 9.19. The maximum absolute atomic E-state index is 13.0. The summed E-state index contributed by atoms with van der Waals surface area (Å²) in [5, 5.41) is 2.09. The summed E-state index contributed by atoms with van der Waals surface area (Å²) >= 11 is 0. The summed E-state index contributed by atoms with van der Waals surface area (Å²) in [7, 11) is 0. The van der Waals surface area contributed by atoms with E-state index >= 15 is 0 Å². The molecule has 0 aromatic heterocycles. The Hall–Kier alpha value is -3.64. The Bertz CT molecular complexity index is 1080. The number of carbonyl (C=O) groups is 2. The largest absolute Gasteiger partial charge is 0.485 e. The van der Waals surface area contributed by atoms with E-state index in [4.69, 9.17) is 9.47 Å². The highest BCUT2D eigenvalue weighted by molar-refractivity contribution is 5.90. The highest BCUT2D eigenvalue weighted by Crippen LogP contribution is 2.37. The van der Waals surface area contributed by atoms with Crippen LogP contribution in [0.4, 0.5) is 36.8 Å². The fourth-order valence-corrected chi connectivity index (χ4v) is 3.70. The van der Waals surface area contributed by atoms with Gasteiger partial charge in [0.25, 0.3) is 5.91 Å². The van der Waals surface area contributed by atoms with Gasteiger partial charge in [-0.25, -0.2) is 4.79 Å². The Balaban J connectivity index is 1.37. The number of hydrogen-bond acceptors (Lipinski definition) is 4. The number of carbonyl (C=O) groups excluding carboxylic acids is 2. The van der Waals surface area contributed by atoms with Gasteiger partial charge in [0.1, 0.15) is 6.61 Å². The highest BCUT2D eigenvalue weighted by atomic mass is 19.4. The topological polar surface area (TPSA) is 71.1 Å². The summed E-state index contributed by atoms with van der Waals surface area (Å²) in [5.74, 6) is 0.586. The average Bonchev–Trinajstić information content (AvgIpc) is 2.82. The van der Waals surface area contributed by atoms with Crippen molar-refractivity contribution in [3.63, 3.8) is 0 Å². The minimum atomic E-state index is -5.03. The van der Waals surface area contributed by atoms with Crippen LogP contribution in [0.25, 0.3) is 0 Å². The number of anilines is 1. The van der Waals surface area contributed by atoms with E-state index in [1.54, 1.807) is 24.3 Å². The van der Waals surface area contributed by atoms with Gasteiger partial charge in [0.05, 0.1) is 11.1 Å². The number of nitrogens with zero attached hydrogens (tertiary/aromatic N) is 2. The Morgan fingerprint density at radius 3 is 1.94 bits per heavy atom. The zero-order chi connectivity index (χ0) is 25.4. The molecular weight excluding hydrogens is 484 g/mol. The average molecular weight is 503 g/mol. The second-order valence-corrected chi connectivity index (χ2v) is 7.90. The van der Waals surface area contributed by atoms with Gasteiger partial charge in [-0.3, -0.25) is 4.79 Å². The minimum absolute atomic E-state index is 0.00757. The molecule has 35 heavy (non-hydrogen) atoms. The van der Waals surface area contributed by atoms with Gasteiger partial charge >= 0.3 is 18.4 Å². The van der Waals surface area contributed by atoms with E-state index in [2.05, 4.69) is 5.32 Å². The first kappa shape index (κ1) is 24.5. The van der Waals surface area contributed by atoms with Crippen molar-refractivity contribution in [1.29, 1.82) is 0 Å². The van der Waals surface area contributed by atoms with Crippen molar-refractivity contribution in [3.8, 4) is 11.5 Å². The summed E-state index contributed by atoms with van der Waals surface area (Å²) in [4.78, 5) is 27.9. The lowest BCUT2D eigenvalue weighted by Gasteiger charge is -2.37. The fourth-order valence-electron chi connectivity index (χ4n) is 3.70. The third-order valence-corrected chi connectivity index (χ3v) is 5.50. The molecule has 1 N–H and O–H groups in total. The van der Waals surface area contributed by atoms with E-state index in [9.17, 15) is 35.9 Å². The van der Waals surface area contributed by atoms with Gasteiger partial charge in [-0.1, -0.05) is 12.1 Å². The van der Waals surface area contributed by atoms with Gasteiger partial charge in [0.15, 0.2) is 11.5 Å². The number of alkyl halides is 6. The number of nitrogens with one attached hydrogen (secondary N) is 1. The van der Waals surface area contributed by atoms with Crippen LogP contribution in [0.3, 0.4) is 0 Å². The Kier molecular flexibility index (Phi) is 6.43. The Morgan fingerprint density at radius 1 is 0.829 bits per heavy atom. The number of urea groups is 1. The van der Waals surface area contributed by atoms with Crippen molar-refractivity contribution in [2.24, 2.45) is 0 Å². The molecular formula is C22H19F6N3O4. The van der Waals surface area contributed by atoms with E-state index in [1.807, 2.05) is 0 Å². The number of hydrogen-bond donors (Lipinski definition) is 1. The van der Waals surface area contributed by atoms with Gasteiger partial charge in [0.2, 0.25) is 6.10 Å². The van der Waals surface area contributed by atoms with Crippen LogP contribution < -0.4 is 14.8 Å². The maximum atomic E-state index is 13.0. The number of halogens is 6. The molecule has 0 spiro atoms. The lowest BCUT2D eigenvalue weighted by molar-refractivity contribution is -0.143. The van der Waals surface area contributed by atoms with Crippen LogP contribution in [-0.4, -0.2) is 60.6 Å². The molecule has 13 heteroatoms. The molecule has 0 radical (unpaired) electrons. The molecule has 2 heterocycles. The van der Waals surface area contributed by atoms with Crippen LogP contribution in [0.15, 0.2) is 42.5 Å². The van der Waals surface area contributed by atoms with Gasteiger partial charge in [-0.05, 0) is 30.3 Å². The molecule has 3 amide bonds. The first-order valence-corrected chi connectivity index (χ1v) is 10.4. The van der Waals surface area contributed by atoms with Crippen molar-refractivity contribution in [2.45, 2.75) is 18.5 Å². The van der Waals surface area contributed by atoms with Gasteiger partial charge < -0.3 is 24.6 Å². The lowest BCUT2D eigenvalue weighted by Crippen LogP contribution is -2.55. The SMILES string of the molecule is O=C(Nc1cc(C(F)(F)F)cc(C(F)(F)F)c1)N1CCN(C(=O)C2COc3ccccc3O2)CC1. The van der Waals surface area contributed by atoms with Crippen LogP contribution in [0.1, 0.15) is 11.1 Å². The van der Waals surface area contributed by atoms with Crippen molar-refractivity contribution in [3.05, 3.63) is 53.6 Å². The van der Waals surface area contributed by atoms with Crippen LogP contribution >= 0.6 is 0 Å². The number of ether oxygens (including phenoxy) is 2. The summed E-state index contributed by atoms with van der Waals surface area (Å²) in [6.45, 7) is 0.252. The van der Waals surface area contributed by atoms with E-state index in [1.165, 1.54) is 9.80 Å². The molecule has 1 atom stereocenters. The molecule has 4 rings (SSSR count). The molecule has 1 unspecified atom stereocenters. The number of piperazine rings is 1. The molecule has 2 aliphatic heterocycles. The molecule has 0 bridgehead atoms. The summed E-state index contributed by atoms with van der Waals surface area (Å²) in [6.07, 6.45) is -10.9. The van der Waals surface area contributed by atoms with Crippen LogP contribution in [-0.2, 0) is 17.1 Å². The predicted molar refractivity (Wildman–Crippen MR) is 110 cm³/mol. The molecule has 1 saturated heterocycles. The smallest absolute Gasteiger partial charge is 0.416 e. The zero-order valence-corrected chi connectivity index (χ0v) is 17.9. The molecule has 2 aliphatic rings. The first-order chi connectivity index (χ1) is 16.4. The third kappa shape index (κ3) is 5.54. The van der Waals surface area contributed by atoms with Crippen LogP contribution in [0.5, 0.6) is 11.5 Å². The summed E-state index contributed by atoms with van der Waals surface area (Å²) in [6, 6.07) is 6.83.